The molecule has 0 aliphatic rings. The lowest BCUT2D eigenvalue weighted by molar-refractivity contribution is -0.00000608. The van der Waals surface area contributed by atoms with Crippen LogP contribution < -0.4 is 32.9 Å². The summed E-state index contributed by atoms with van der Waals surface area (Å²) in [5.74, 6) is 0. The topological polar surface area (TPSA) is 23.8 Å². The molecule has 32 heavy (non-hydrogen) atoms. The van der Waals surface area contributed by atoms with Crippen LogP contribution in [0.3, 0.4) is 0 Å². The third-order valence-electron chi connectivity index (χ3n) is 5.68. The van der Waals surface area contributed by atoms with Gasteiger partial charge < -0.3 is 17.0 Å². The fraction of sp³-hybridized carbons (Fsp3) is 0.0357. The van der Waals surface area contributed by atoms with E-state index in [2.05, 4.69) is 109 Å². The van der Waals surface area contributed by atoms with Gasteiger partial charge in [-0.2, -0.15) is 5.26 Å². The summed E-state index contributed by atoms with van der Waals surface area (Å²) in [5.41, 5.74) is 0.715. The van der Waals surface area contributed by atoms with Crippen molar-refractivity contribution in [3.63, 3.8) is 0 Å². The van der Waals surface area contributed by atoms with Gasteiger partial charge in [-0.15, -0.1) is 11.3 Å². The first kappa shape index (κ1) is 22.4. The van der Waals surface area contributed by atoms with Crippen molar-refractivity contribution in [2.75, 3.05) is 0 Å². The van der Waals surface area contributed by atoms with Crippen LogP contribution in [-0.2, 0) is 6.16 Å². The number of halogens is 1. The standard InChI is InChI=1S/C28H21NPS.BrH/c29-20-22-16-17-28-23(18-22)19-27(31-28)21-30(24-10-4-1-5-11-24,25-12-6-2-7-13-25)26-14-8-3-9-15-26;/h1-19H,21H2;1H/q+1;/p-1. The molecular weight excluding hydrogens is 493 g/mol. The zero-order chi connectivity index (χ0) is 21.1. The number of rotatable bonds is 5. The first-order valence-electron chi connectivity index (χ1n) is 10.3. The highest BCUT2D eigenvalue weighted by Crippen LogP contribution is 2.59. The minimum atomic E-state index is -1.90. The first-order valence-corrected chi connectivity index (χ1v) is 13.1. The molecule has 0 saturated heterocycles. The SMILES string of the molecule is N#Cc1ccc2sc(C[P+](c3ccccc3)(c3ccccc3)c3ccccc3)cc2c1.[Br-]. The monoisotopic (exact) mass is 513 g/mol. The van der Waals surface area contributed by atoms with Crippen molar-refractivity contribution < 1.29 is 17.0 Å². The molecule has 4 aromatic carbocycles. The highest BCUT2D eigenvalue weighted by atomic mass is 79.9. The van der Waals surface area contributed by atoms with Gasteiger partial charge in [0.25, 0.3) is 0 Å². The van der Waals surface area contributed by atoms with E-state index in [4.69, 9.17) is 0 Å². The second kappa shape index (κ2) is 9.80. The second-order valence-electron chi connectivity index (χ2n) is 7.55. The van der Waals surface area contributed by atoms with Crippen LogP contribution in [0.15, 0.2) is 115 Å². The van der Waals surface area contributed by atoms with Crippen molar-refractivity contribution >= 4 is 44.6 Å². The lowest BCUT2D eigenvalue weighted by Crippen LogP contribution is -3.00. The van der Waals surface area contributed by atoms with Gasteiger partial charge in [-0.3, -0.25) is 0 Å². The maximum atomic E-state index is 9.30. The average molecular weight is 514 g/mol. The lowest BCUT2D eigenvalue weighted by Gasteiger charge is -2.27. The van der Waals surface area contributed by atoms with Gasteiger partial charge >= 0.3 is 0 Å². The van der Waals surface area contributed by atoms with Gasteiger partial charge in [0, 0.05) is 9.58 Å². The molecule has 0 fully saturated rings. The van der Waals surface area contributed by atoms with Crippen LogP contribution in [0, 0.1) is 11.3 Å². The highest BCUT2D eigenvalue weighted by Gasteiger charge is 2.45. The Balaban J connectivity index is 0.00000245. The van der Waals surface area contributed by atoms with Crippen molar-refractivity contribution in [1.29, 1.82) is 5.26 Å². The fourth-order valence-electron chi connectivity index (χ4n) is 4.25. The van der Waals surface area contributed by atoms with Crippen LogP contribution in [0.2, 0.25) is 0 Å². The second-order valence-corrected chi connectivity index (χ2v) is 12.2. The zero-order valence-corrected chi connectivity index (χ0v) is 20.7. The Bertz CT molecular complexity index is 1260. The molecule has 156 valence electrons. The minimum absolute atomic E-state index is 0. The predicted molar refractivity (Wildman–Crippen MR) is 135 cm³/mol. The van der Waals surface area contributed by atoms with E-state index in [1.54, 1.807) is 0 Å². The van der Waals surface area contributed by atoms with Crippen LogP contribution in [0.5, 0.6) is 0 Å². The van der Waals surface area contributed by atoms with Crippen molar-refractivity contribution in [1.82, 2.24) is 0 Å². The quantitative estimate of drug-likeness (QED) is 0.331. The molecule has 1 aromatic heterocycles. The number of benzene rings is 4. The number of hydrogen-bond acceptors (Lipinski definition) is 2. The Kier molecular flexibility index (Phi) is 6.87. The third-order valence-corrected chi connectivity index (χ3v) is 11.4. The molecule has 0 aliphatic heterocycles. The number of thiophene rings is 1. The van der Waals surface area contributed by atoms with E-state index in [9.17, 15) is 5.26 Å². The summed E-state index contributed by atoms with van der Waals surface area (Å²) in [6.07, 6.45) is 0.965. The van der Waals surface area contributed by atoms with Gasteiger partial charge in [0.2, 0.25) is 0 Å². The van der Waals surface area contributed by atoms with Gasteiger partial charge in [-0.1, -0.05) is 54.6 Å². The Hall–Kier alpha value is -2.76. The van der Waals surface area contributed by atoms with Crippen LogP contribution in [-0.4, -0.2) is 0 Å². The molecule has 0 spiro atoms. The molecule has 4 heteroatoms. The van der Waals surface area contributed by atoms with Crippen molar-refractivity contribution in [2.24, 2.45) is 0 Å². The molecule has 0 N–H and O–H groups in total. The van der Waals surface area contributed by atoms with Gasteiger partial charge in [0.1, 0.15) is 29.3 Å². The predicted octanol–water partition coefficient (Wildman–Crippen LogP) is 3.27. The Labute approximate surface area is 204 Å². The Morgan fingerprint density at radius 3 is 1.62 bits per heavy atom. The molecule has 0 atom stereocenters. The zero-order valence-electron chi connectivity index (χ0n) is 17.4. The van der Waals surface area contributed by atoms with Gasteiger partial charge in [0.05, 0.1) is 11.6 Å². The Morgan fingerprint density at radius 2 is 1.16 bits per heavy atom. The summed E-state index contributed by atoms with van der Waals surface area (Å²) in [4.78, 5) is 1.36. The molecule has 1 heterocycles. The van der Waals surface area contributed by atoms with Crippen molar-refractivity contribution in [2.45, 2.75) is 6.16 Å². The average Bonchev–Trinajstić information content (AvgIpc) is 3.25. The summed E-state index contributed by atoms with van der Waals surface area (Å²) in [7, 11) is -1.90. The van der Waals surface area contributed by atoms with E-state index >= 15 is 0 Å². The van der Waals surface area contributed by atoms with Gasteiger partial charge in [-0.05, 0) is 66.0 Å². The molecule has 5 rings (SSSR count). The Morgan fingerprint density at radius 1 is 0.656 bits per heavy atom. The summed E-state index contributed by atoms with van der Waals surface area (Å²) in [6, 6.07) is 43.5. The molecule has 0 bridgehead atoms. The van der Waals surface area contributed by atoms with Crippen LogP contribution >= 0.6 is 18.6 Å². The van der Waals surface area contributed by atoms with Gasteiger partial charge in [0.15, 0.2) is 0 Å². The molecule has 0 radical (unpaired) electrons. The molecule has 0 saturated carbocycles. The molecular formula is C28H21BrNPS. The largest absolute Gasteiger partial charge is 1.00 e. The lowest BCUT2D eigenvalue weighted by atomic mass is 10.2. The summed E-state index contributed by atoms with van der Waals surface area (Å²) < 4.78 is 1.24. The van der Waals surface area contributed by atoms with E-state index in [-0.39, 0.29) is 17.0 Å². The van der Waals surface area contributed by atoms with E-state index in [0.717, 1.165) is 11.5 Å². The number of nitrogens with zero attached hydrogens (tertiary/aromatic N) is 1. The molecule has 0 aliphatic carbocycles. The summed E-state index contributed by atoms with van der Waals surface area (Å²) >= 11 is 1.85. The van der Waals surface area contributed by atoms with E-state index in [0.29, 0.717) is 5.56 Å². The maximum absolute atomic E-state index is 9.30. The molecule has 5 aromatic rings. The smallest absolute Gasteiger partial charge is 0.117 e. The fourth-order valence-corrected chi connectivity index (χ4v) is 9.97. The normalized spacial score (nSPS) is 11.0. The van der Waals surface area contributed by atoms with Crippen molar-refractivity contribution in [3.8, 4) is 6.07 Å². The summed E-state index contributed by atoms with van der Waals surface area (Å²) in [5, 5.41) is 14.6. The molecule has 0 amide bonds. The summed E-state index contributed by atoms with van der Waals surface area (Å²) in [6.45, 7) is 0. The number of hydrogen-bond donors (Lipinski definition) is 0. The van der Waals surface area contributed by atoms with E-state index in [1.807, 2.05) is 23.5 Å². The first-order chi connectivity index (χ1) is 15.3. The molecule has 0 unspecified atom stereocenters. The van der Waals surface area contributed by atoms with Crippen LogP contribution in [0.25, 0.3) is 10.1 Å². The third kappa shape index (κ3) is 4.15. The van der Waals surface area contributed by atoms with Crippen LogP contribution in [0.4, 0.5) is 0 Å². The van der Waals surface area contributed by atoms with E-state index in [1.165, 1.54) is 25.5 Å². The van der Waals surface area contributed by atoms with Crippen molar-refractivity contribution in [3.05, 3.63) is 126 Å². The highest BCUT2D eigenvalue weighted by molar-refractivity contribution is 7.95. The van der Waals surface area contributed by atoms with Crippen LogP contribution in [0.1, 0.15) is 10.4 Å². The number of fused-ring (bicyclic) bond motifs is 1. The van der Waals surface area contributed by atoms with Gasteiger partial charge in [-0.25, -0.2) is 0 Å². The molecule has 1 nitrogen and oxygen atoms in total. The maximum Gasteiger partial charge on any atom is 0.117 e. The number of nitriles is 1. The van der Waals surface area contributed by atoms with E-state index < -0.39 is 7.26 Å². The minimum Gasteiger partial charge on any atom is -1.00 e.